The van der Waals surface area contributed by atoms with Gasteiger partial charge in [-0.2, -0.15) is 13.2 Å². The fourth-order valence-corrected chi connectivity index (χ4v) is 3.26. The highest BCUT2D eigenvalue weighted by molar-refractivity contribution is 7.16. The van der Waals surface area contributed by atoms with Gasteiger partial charge in [0, 0.05) is 17.8 Å². The molecule has 0 aliphatic heterocycles. The highest BCUT2D eigenvalue weighted by Gasteiger charge is 2.33. The quantitative estimate of drug-likeness (QED) is 0.852. The van der Waals surface area contributed by atoms with Crippen LogP contribution >= 0.6 is 11.3 Å². The van der Waals surface area contributed by atoms with E-state index in [1.54, 1.807) is 0 Å². The van der Waals surface area contributed by atoms with Crippen LogP contribution < -0.4 is 4.90 Å². The Balaban J connectivity index is 2.24. The van der Waals surface area contributed by atoms with Crippen molar-refractivity contribution < 1.29 is 18.0 Å². The topological polar surface area (TPSA) is 33.2 Å². The van der Waals surface area contributed by atoms with Gasteiger partial charge in [0.25, 0.3) is 0 Å². The van der Waals surface area contributed by atoms with Crippen LogP contribution in [0.15, 0.2) is 0 Å². The van der Waals surface area contributed by atoms with E-state index in [2.05, 4.69) is 4.98 Å². The lowest BCUT2D eigenvalue weighted by Gasteiger charge is -2.22. The Morgan fingerprint density at radius 3 is 2.68 bits per heavy atom. The van der Waals surface area contributed by atoms with E-state index < -0.39 is 12.7 Å². The smallest absolute Gasteiger partial charge is 0.339 e. The van der Waals surface area contributed by atoms with Gasteiger partial charge in [-0.05, 0) is 19.3 Å². The minimum absolute atomic E-state index is 0.0489. The van der Waals surface area contributed by atoms with Gasteiger partial charge in [-0.25, -0.2) is 4.98 Å². The van der Waals surface area contributed by atoms with Gasteiger partial charge in [-0.3, -0.25) is 4.79 Å². The Hall–Kier alpha value is -1.11. The van der Waals surface area contributed by atoms with E-state index in [1.165, 1.54) is 16.2 Å². The molecule has 0 amide bonds. The number of ketones is 1. The molecule has 0 saturated heterocycles. The molecule has 19 heavy (non-hydrogen) atoms. The number of hydrogen-bond acceptors (Lipinski definition) is 4. The van der Waals surface area contributed by atoms with Gasteiger partial charge in [-0.1, -0.05) is 6.92 Å². The molecule has 0 fully saturated rings. The number of fused-ring (bicyclic) bond motifs is 1. The highest BCUT2D eigenvalue weighted by atomic mass is 32.1. The molecule has 1 aliphatic rings. The summed E-state index contributed by atoms with van der Waals surface area (Å²) in [5.41, 5.74) is 0.384. The number of rotatable bonds is 4. The largest absolute Gasteiger partial charge is 0.406 e. The number of thiazole rings is 1. The number of Topliss-reactive ketones (excluding diaryl/α,β-unsaturated/α-hetero) is 1. The van der Waals surface area contributed by atoms with Crippen LogP contribution in [0.3, 0.4) is 0 Å². The number of hydrogen-bond donors (Lipinski definition) is 0. The van der Waals surface area contributed by atoms with Crippen LogP contribution in [0.2, 0.25) is 0 Å². The Bertz CT molecular complexity index is 470. The number of aromatic nitrogens is 1. The van der Waals surface area contributed by atoms with Crippen molar-refractivity contribution in [1.82, 2.24) is 4.98 Å². The molecule has 0 radical (unpaired) electrons. The zero-order valence-electron chi connectivity index (χ0n) is 10.6. The summed E-state index contributed by atoms with van der Waals surface area (Å²) in [6.07, 6.45) is -1.70. The molecule has 1 aromatic rings. The summed E-state index contributed by atoms with van der Waals surface area (Å²) < 4.78 is 37.6. The molecule has 1 aromatic heterocycles. The average Bonchev–Trinajstić information content (AvgIpc) is 2.72. The number of carbonyl (C=O) groups is 1. The van der Waals surface area contributed by atoms with E-state index >= 15 is 0 Å². The van der Waals surface area contributed by atoms with Crippen molar-refractivity contribution >= 4 is 22.3 Å². The van der Waals surface area contributed by atoms with Crippen LogP contribution in [0.25, 0.3) is 0 Å². The fraction of sp³-hybridized carbons (Fsp3) is 0.667. The zero-order valence-corrected chi connectivity index (χ0v) is 11.4. The van der Waals surface area contributed by atoms with Crippen LogP contribution in [0.1, 0.15) is 41.6 Å². The van der Waals surface area contributed by atoms with E-state index in [0.717, 1.165) is 17.7 Å². The number of anilines is 1. The minimum atomic E-state index is -4.26. The second-order valence-corrected chi connectivity index (χ2v) is 5.64. The standard InChI is InChI=1S/C12H15F3N2OS/c1-2-6-17(7-12(13,14)15)11-16-10-8(18)4-3-5-9(10)19-11/h2-7H2,1H3. The first-order valence-corrected chi connectivity index (χ1v) is 7.07. The third kappa shape index (κ3) is 3.46. The lowest BCUT2D eigenvalue weighted by atomic mass is 10.0. The van der Waals surface area contributed by atoms with E-state index in [-0.39, 0.29) is 5.78 Å². The zero-order chi connectivity index (χ0) is 14.0. The van der Waals surface area contributed by atoms with Gasteiger partial charge in [0.05, 0.1) is 0 Å². The molecule has 0 saturated carbocycles. The molecule has 3 nitrogen and oxygen atoms in total. The molecule has 2 rings (SSSR count). The lowest BCUT2D eigenvalue weighted by Crippen LogP contribution is -2.34. The Kier molecular flexibility index (Phi) is 4.13. The predicted molar refractivity (Wildman–Crippen MR) is 67.9 cm³/mol. The molecule has 7 heteroatoms. The summed E-state index contributed by atoms with van der Waals surface area (Å²) in [7, 11) is 0. The van der Waals surface area contributed by atoms with E-state index in [4.69, 9.17) is 0 Å². The van der Waals surface area contributed by atoms with Crippen LogP contribution in [0.5, 0.6) is 0 Å². The molecule has 0 atom stereocenters. The molecule has 0 bridgehead atoms. The summed E-state index contributed by atoms with van der Waals surface area (Å²) in [5, 5.41) is 0.319. The highest BCUT2D eigenvalue weighted by Crippen LogP contribution is 2.33. The van der Waals surface area contributed by atoms with Crippen LogP contribution in [-0.4, -0.2) is 30.0 Å². The molecule has 0 N–H and O–H groups in total. The van der Waals surface area contributed by atoms with Crippen molar-refractivity contribution in [2.24, 2.45) is 0 Å². The van der Waals surface area contributed by atoms with Crippen LogP contribution in [0.4, 0.5) is 18.3 Å². The SMILES string of the molecule is CCCN(CC(F)(F)F)c1nc2c(s1)CCCC2=O. The van der Waals surface area contributed by atoms with Crippen LogP contribution in [0, 0.1) is 0 Å². The summed E-state index contributed by atoms with van der Waals surface area (Å²) in [6, 6.07) is 0. The van der Waals surface area contributed by atoms with Gasteiger partial charge in [0.1, 0.15) is 12.2 Å². The lowest BCUT2D eigenvalue weighted by molar-refractivity contribution is -0.119. The summed E-state index contributed by atoms with van der Waals surface area (Å²) in [6.45, 7) is 1.10. The van der Waals surface area contributed by atoms with Crippen molar-refractivity contribution in [2.45, 2.75) is 38.8 Å². The normalized spacial score (nSPS) is 15.5. The first-order valence-electron chi connectivity index (χ1n) is 6.25. The Labute approximate surface area is 113 Å². The number of halogens is 3. The van der Waals surface area contributed by atoms with Gasteiger partial charge in [-0.15, -0.1) is 11.3 Å². The number of aryl methyl sites for hydroxylation is 1. The molecular weight excluding hydrogens is 277 g/mol. The number of carbonyl (C=O) groups excluding carboxylic acids is 1. The fourth-order valence-electron chi connectivity index (χ4n) is 2.12. The maximum atomic E-state index is 12.5. The predicted octanol–water partition coefficient (Wildman–Crippen LogP) is 3.44. The monoisotopic (exact) mass is 292 g/mol. The first kappa shape index (κ1) is 14.3. The maximum Gasteiger partial charge on any atom is 0.406 e. The second-order valence-electron chi connectivity index (χ2n) is 4.58. The van der Waals surface area contributed by atoms with Crippen molar-refractivity contribution in [3.8, 4) is 0 Å². The summed E-state index contributed by atoms with van der Waals surface area (Å²) >= 11 is 1.22. The summed E-state index contributed by atoms with van der Waals surface area (Å²) in [5.74, 6) is -0.0489. The molecule has 0 unspecified atom stereocenters. The Morgan fingerprint density at radius 2 is 2.11 bits per heavy atom. The van der Waals surface area contributed by atoms with Crippen LogP contribution in [-0.2, 0) is 6.42 Å². The van der Waals surface area contributed by atoms with E-state index in [1.807, 2.05) is 6.92 Å². The number of nitrogens with zero attached hydrogens (tertiary/aromatic N) is 2. The molecular formula is C12H15F3N2OS. The molecule has 0 spiro atoms. The minimum Gasteiger partial charge on any atom is -0.339 e. The van der Waals surface area contributed by atoms with Gasteiger partial charge >= 0.3 is 6.18 Å². The van der Waals surface area contributed by atoms with E-state index in [0.29, 0.717) is 30.2 Å². The van der Waals surface area contributed by atoms with Crippen molar-refractivity contribution in [3.63, 3.8) is 0 Å². The Morgan fingerprint density at radius 1 is 1.37 bits per heavy atom. The van der Waals surface area contributed by atoms with Gasteiger partial charge in [0.2, 0.25) is 0 Å². The van der Waals surface area contributed by atoms with Gasteiger partial charge in [0.15, 0.2) is 10.9 Å². The summed E-state index contributed by atoms with van der Waals surface area (Å²) in [4.78, 5) is 17.8. The van der Waals surface area contributed by atoms with Gasteiger partial charge < -0.3 is 4.90 Å². The number of alkyl halides is 3. The molecule has 1 aliphatic carbocycles. The van der Waals surface area contributed by atoms with Crippen molar-refractivity contribution in [2.75, 3.05) is 18.0 Å². The third-order valence-electron chi connectivity index (χ3n) is 2.89. The molecule has 1 heterocycles. The van der Waals surface area contributed by atoms with Crippen molar-refractivity contribution in [3.05, 3.63) is 10.6 Å². The maximum absolute atomic E-state index is 12.5. The molecule has 0 aromatic carbocycles. The first-order chi connectivity index (χ1) is 8.90. The van der Waals surface area contributed by atoms with Crippen molar-refractivity contribution in [1.29, 1.82) is 0 Å². The second kappa shape index (κ2) is 5.48. The third-order valence-corrected chi connectivity index (χ3v) is 4.07. The van der Waals surface area contributed by atoms with E-state index in [9.17, 15) is 18.0 Å². The molecule has 106 valence electrons. The average molecular weight is 292 g/mol.